The third-order valence-corrected chi connectivity index (χ3v) is 1.67. The molecule has 0 aromatic heterocycles. The lowest BCUT2D eigenvalue weighted by Gasteiger charge is -2.00. The fourth-order valence-corrected chi connectivity index (χ4v) is 1.11. The Hall–Kier alpha value is -1.66. The molecule has 0 atom stereocenters. The smallest absolute Gasteiger partial charge is 0.188 e. The molecule has 3 heteroatoms. The first-order chi connectivity index (χ1) is 6.30. The molecule has 0 aliphatic carbocycles. The zero-order valence-electron chi connectivity index (χ0n) is 7.03. The van der Waals surface area contributed by atoms with E-state index < -0.39 is 0 Å². The first kappa shape index (κ1) is 9.43. The second kappa shape index (κ2) is 4.39. The summed E-state index contributed by atoms with van der Waals surface area (Å²) in [7, 11) is 0. The highest BCUT2D eigenvalue weighted by atomic mass is 16.2. The quantitative estimate of drug-likeness (QED) is 0.559. The third-order valence-electron chi connectivity index (χ3n) is 1.67. The highest BCUT2D eigenvalue weighted by Crippen LogP contribution is 2.17. The highest BCUT2D eigenvalue weighted by Gasteiger charge is 1.99. The van der Waals surface area contributed by atoms with E-state index in [2.05, 4.69) is 4.85 Å². The van der Waals surface area contributed by atoms with Crippen molar-refractivity contribution in [1.29, 1.82) is 0 Å². The van der Waals surface area contributed by atoms with E-state index in [1.54, 1.807) is 12.1 Å². The molecule has 0 saturated carbocycles. The number of hydrogen-bond donors (Lipinski definition) is 1. The molecule has 1 N–H and O–H groups in total. The molecule has 1 rings (SSSR count). The average Bonchev–Trinajstić information content (AvgIpc) is 2.17. The average molecular weight is 175 g/mol. The molecule has 66 valence electrons. The van der Waals surface area contributed by atoms with Crippen LogP contribution in [0.1, 0.15) is 15.9 Å². The van der Waals surface area contributed by atoms with Crippen molar-refractivity contribution in [3.05, 3.63) is 40.7 Å². The fraction of sp³-hybridized carbons (Fsp3) is 0.200. The zero-order valence-corrected chi connectivity index (χ0v) is 7.03. The third kappa shape index (κ3) is 2.39. The largest absolute Gasteiger partial charge is 0.396 e. The maximum Gasteiger partial charge on any atom is 0.188 e. The molecule has 1 aromatic carbocycles. The summed E-state index contributed by atoms with van der Waals surface area (Å²) in [5.41, 5.74) is 1.74. The van der Waals surface area contributed by atoms with Crippen LogP contribution >= 0.6 is 0 Å². The molecule has 0 bridgehead atoms. The molecule has 1 aromatic rings. The van der Waals surface area contributed by atoms with Gasteiger partial charge in [0.15, 0.2) is 5.69 Å². The van der Waals surface area contributed by atoms with Gasteiger partial charge in [0.2, 0.25) is 0 Å². The second-order valence-corrected chi connectivity index (χ2v) is 2.64. The van der Waals surface area contributed by atoms with Crippen molar-refractivity contribution in [2.75, 3.05) is 6.61 Å². The molecule has 0 saturated heterocycles. The van der Waals surface area contributed by atoms with Crippen LogP contribution in [0, 0.1) is 6.57 Å². The van der Waals surface area contributed by atoms with Crippen LogP contribution in [0.4, 0.5) is 5.69 Å². The molecule has 3 nitrogen and oxygen atoms in total. The molecule has 0 heterocycles. The molecule has 13 heavy (non-hydrogen) atoms. The van der Waals surface area contributed by atoms with Crippen LogP contribution in [0.3, 0.4) is 0 Å². The van der Waals surface area contributed by atoms with E-state index in [0.29, 0.717) is 24.0 Å². The van der Waals surface area contributed by atoms with Gasteiger partial charge in [-0.15, -0.1) is 0 Å². The Bertz CT molecular complexity index is 352. The number of aldehydes is 1. The molecule has 0 fully saturated rings. The molecule has 0 amide bonds. The Morgan fingerprint density at radius 3 is 2.77 bits per heavy atom. The Morgan fingerprint density at radius 2 is 2.23 bits per heavy atom. The molecular weight excluding hydrogens is 166 g/mol. The van der Waals surface area contributed by atoms with E-state index in [9.17, 15) is 4.79 Å². The molecule has 0 unspecified atom stereocenters. The van der Waals surface area contributed by atoms with E-state index in [-0.39, 0.29) is 6.61 Å². The van der Waals surface area contributed by atoms with Gasteiger partial charge in [-0.1, -0.05) is 17.7 Å². The number of carbonyl (C=O) groups excluding carboxylic acids is 1. The summed E-state index contributed by atoms with van der Waals surface area (Å²) in [5, 5.41) is 8.68. The SMILES string of the molecule is [C-]#[N+]c1cc(C=O)cc(CCO)c1. The van der Waals surface area contributed by atoms with Crippen molar-refractivity contribution in [3.63, 3.8) is 0 Å². The van der Waals surface area contributed by atoms with Crippen LogP contribution < -0.4 is 0 Å². The van der Waals surface area contributed by atoms with Crippen molar-refractivity contribution in [1.82, 2.24) is 0 Å². The number of rotatable bonds is 3. The van der Waals surface area contributed by atoms with Crippen molar-refractivity contribution < 1.29 is 9.90 Å². The number of aliphatic hydroxyl groups is 1. The summed E-state index contributed by atoms with van der Waals surface area (Å²) >= 11 is 0. The van der Waals surface area contributed by atoms with Crippen LogP contribution in [0.2, 0.25) is 0 Å². The van der Waals surface area contributed by atoms with Crippen LogP contribution in [-0.2, 0) is 6.42 Å². The Morgan fingerprint density at radius 1 is 1.46 bits per heavy atom. The lowest BCUT2D eigenvalue weighted by atomic mass is 10.1. The van der Waals surface area contributed by atoms with E-state index in [1.165, 1.54) is 6.07 Å². The Kier molecular flexibility index (Phi) is 3.18. The Labute approximate surface area is 76.4 Å². The standard InChI is InChI=1S/C10H9NO2/c1-11-10-5-8(2-3-12)4-9(6-10)7-13/h4-7,12H,2-3H2. The van der Waals surface area contributed by atoms with Gasteiger partial charge in [-0.25, -0.2) is 4.85 Å². The van der Waals surface area contributed by atoms with Crippen LogP contribution in [-0.4, -0.2) is 18.0 Å². The summed E-state index contributed by atoms with van der Waals surface area (Å²) < 4.78 is 0. The predicted octanol–water partition coefficient (Wildman–Crippen LogP) is 1.58. The summed E-state index contributed by atoms with van der Waals surface area (Å²) in [5.74, 6) is 0. The van der Waals surface area contributed by atoms with Gasteiger partial charge >= 0.3 is 0 Å². The summed E-state index contributed by atoms with van der Waals surface area (Å²) in [6, 6.07) is 4.88. The van der Waals surface area contributed by atoms with Gasteiger partial charge in [0.1, 0.15) is 6.29 Å². The van der Waals surface area contributed by atoms with Crippen molar-refractivity contribution >= 4 is 12.0 Å². The normalized spacial score (nSPS) is 9.23. The van der Waals surface area contributed by atoms with Crippen molar-refractivity contribution in [2.24, 2.45) is 0 Å². The maximum absolute atomic E-state index is 10.5. The number of nitrogens with zero attached hydrogens (tertiary/aromatic N) is 1. The number of aliphatic hydroxyl groups excluding tert-OH is 1. The van der Waals surface area contributed by atoms with E-state index in [0.717, 1.165) is 5.56 Å². The minimum Gasteiger partial charge on any atom is -0.396 e. The van der Waals surface area contributed by atoms with Gasteiger partial charge in [-0.3, -0.25) is 4.79 Å². The lowest BCUT2D eigenvalue weighted by Crippen LogP contribution is -1.91. The monoisotopic (exact) mass is 175 g/mol. The van der Waals surface area contributed by atoms with E-state index in [4.69, 9.17) is 11.7 Å². The second-order valence-electron chi connectivity index (χ2n) is 2.64. The minimum absolute atomic E-state index is 0.0275. The van der Waals surface area contributed by atoms with Crippen LogP contribution in [0.25, 0.3) is 4.85 Å². The topological polar surface area (TPSA) is 41.7 Å². The minimum atomic E-state index is 0.0275. The van der Waals surface area contributed by atoms with E-state index >= 15 is 0 Å². The molecular formula is C10H9NO2. The first-order valence-corrected chi connectivity index (χ1v) is 3.87. The summed E-state index contributed by atoms with van der Waals surface area (Å²) in [6.07, 6.45) is 1.18. The van der Waals surface area contributed by atoms with Gasteiger partial charge in [-0.2, -0.15) is 0 Å². The van der Waals surface area contributed by atoms with Gasteiger partial charge in [0, 0.05) is 12.2 Å². The maximum atomic E-state index is 10.5. The molecule has 0 aliphatic heterocycles. The summed E-state index contributed by atoms with van der Waals surface area (Å²) in [4.78, 5) is 13.7. The van der Waals surface area contributed by atoms with Gasteiger partial charge in [-0.05, 0) is 12.5 Å². The fourth-order valence-electron chi connectivity index (χ4n) is 1.11. The number of hydrogen-bond acceptors (Lipinski definition) is 2. The highest BCUT2D eigenvalue weighted by molar-refractivity contribution is 5.77. The van der Waals surface area contributed by atoms with E-state index in [1.807, 2.05) is 0 Å². The van der Waals surface area contributed by atoms with Crippen molar-refractivity contribution in [3.8, 4) is 0 Å². The molecule has 0 aliphatic rings. The molecule has 0 spiro atoms. The van der Waals surface area contributed by atoms with Gasteiger partial charge in [0.25, 0.3) is 0 Å². The summed E-state index contributed by atoms with van der Waals surface area (Å²) in [6.45, 7) is 6.82. The Balaban J connectivity index is 3.08. The predicted molar refractivity (Wildman–Crippen MR) is 48.9 cm³/mol. The number of carbonyl (C=O) groups is 1. The van der Waals surface area contributed by atoms with Crippen LogP contribution in [0.15, 0.2) is 18.2 Å². The zero-order chi connectivity index (χ0) is 9.68. The molecule has 0 radical (unpaired) electrons. The first-order valence-electron chi connectivity index (χ1n) is 3.87. The van der Waals surface area contributed by atoms with Gasteiger partial charge < -0.3 is 5.11 Å². The van der Waals surface area contributed by atoms with Crippen LogP contribution in [0.5, 0.6) is 0 Å². The van der Waals surface area contributed by atoms with Gasteiger partial charge in [0.05, 0.1) is 6.57 Å². The lowest BCUT2D eigenvalue weighted by molar-refractivity contribution is 0.112. The number of benzene rings is 1. The van der Waals surface area contributed by atoms with Crippen molar-refractivity contribution in [2.45, 2.75) is 6.42 Å².